The van der Waals surface area contributed by atoms with E-state index in [4.69, 9.17) is 29.9 Å². The lowest BCUT2D eigenvalue weighted by atomic mass is 9.88. The number of hydrogen-bond acceptors (Lipinski definition) is 12. The summed E-state index contributed by atoms with van der Waals surface area (Å²) in [6, 6.07) is 31.8. The van der Waals surface area contributed by atoms with Crippen LogP contribution in [0.15, 0.2) is 130 Å². The third kappa shape index (κ3) is 11.1. The monoisotopic (exact) mass is 928 g/mol. The first-order chi connectivity index (χ1) is 33.3. The zero-order chi connectivity index (χ0) is 49.8. The molecule has 2 unspecified atom stereocenters. The Morgan fingerprint density at radius 3 is 1.91 bits per heavy atom. The van der Waals surface area contributed by atoms with Crippen molar-refractivity contribution < 1.29 is 33.3 Å². The number of carbonyl (C=O) groups excluding carboxylic acids is 3. The number of dihydropyridines is 1. The minimum Gasteiger partial charge on any atom is -0.497 e. The highest BCUT2D eigenvalue weighted by Crippen LogP contribution is 2.33. The number of primary amides is 1. The number of nitrogens with zero attached hydrogens (tertiary/aromatic N) is 5. The SMILES string of the molecule is COc1ccc(CNC(=O)c2ccc(C)n(-c3cccc(C#N)c3)c2=O)cc1OC.COc1ccc(OC)c(CNC(=O)c2c(C3N=CC=CC3C(N)=O)cc(C)n(-c3cccc(C#N)c3)c2=O)c1. The predicted molar refractivity (Wildman–Crippen MR) is 257 cm³/mol. The number of aromatic nitrogens is 2. The Morgan fingerprint density at radius 1 is 0.681 bits per heavy atom. The number of nitrogens with one attached hydrogen (secondary N) is 2. The molecule has 4 N–H and O–H groups in total. The molecule has 17 nitrogen and oxygen atoms in total. The number of methoxy groups -OCH3 is 4. The van der Waals surface area contributed by atoms with Crippen molar-refractivity contribution in [3.05, 3.63) is 186 Å². The van der Waals surface area contributed by atoms with Crippen LogP contribution in [0, 0.1) is 42.4 Å². The zero-order valence-corrected chi connectivity index (χ0v) is 38.6. The van der Waals surface area contributed by atoms with E-state index in [1.54, 1.807) is 124 Å². The van der Waals surface area contributed by atoms with Gasteiger partial charge in [-0.1, -0.05) is 24.3 Å². The van der Waals surface area contributed by atoms with Crippen molar-refractivity contribution in [1.82, 2.24) is 19.8 Å². The van der Waals surface area contributed by atoms with E-state index < -0.39 is 40.8 Å². The summed E-state index contributed by atoms with van der Waals surface area (Å²) in [4.78, 5) is 70.1. The predicted octanol–water partition coefficient (Wildman–Crippen LogP) is 5.71. The summed E-state index contributed by atoms with van der Waals surface area (Å²) in [5.74, 6) is -0.392. The maximum Gasteiger partial charge on any atom is 0.268 e. The molecule has 0 bridgehead atoms. The molecule has 4 aromatic carbocycles. The van der Waals surface area contributed by atoms with Gasteiger partial charge in [0.25, 0.3) is 22.9 Å². The maximum atomic E-state index is 14.0. The van der Waals surface area contributed by atoms with Gasteiger partial charge in [-0.25, -0.2) is 0 Å². The molecule has 2 atom stereocenters. The summed E-state index contributed by atoms with van der Waals surface area (Å²) in [7, 11) is 6.13. The molecule has 0 saturated carbocycles. The number of hydrogen-bond donors (Lipinski definition) is 3. The Bertz CT molecular complexity index is 3210. The van der Waals surface area contributed by atoms with E-state index in [1.165, 1.54) is 42.7 Å². The van der Waals surface area contributed by atoms with Gasteiger partial charge in [-0.2, -0.15) is 10.5 Å². The lowest BCUT2D eigenvalue weighted by molar-refractivity contribution is -0.121. The van der Waals surface area contributed by atoms with E-state index in [2.05, 4.69) is 27.8 Å². The van der Waals surface area contributed by atoms with Crippen molar-refractivity contribution in [1.29, 1.82) is 10.5 Å². The fraction of sp³-hybridized carbons (Fsp3) is 0.192. The van der Waals surface area contributed by atoms with Crippen molar-refractivity contribution in [2.75, 3.05) is 28.4 Å². The smallest absolute Gasteiger partial charge is 0.268 e. The summed E-state index contributed by atoms with van der Waals surface area (Å²) in [5, 5.41) is 24.0. The Morgan fingerprint density at radius 2 is 1.30 bits per heavy atom. The summed E-state index contributed by atoms with van der Waals surface area (Å²) >= 11 is 0. The minimum atomic E-state index is -0.869. The van der Waals surface area contributed by atoms with Gasteiger partial charge >= 0.3 is 0 Å². The number of pyridine rings is 2. The number of allylic oxidation sites excluding steroid dienone is 1. The number of aliphatic imine (C=N–C) groups is 1. The van der Waals surface area contributed by atoms with Crippen LogP contribution in [-0.2, 0) is 17.9 Å². The Balaban J connectivity index is 0.000000235. The molecule has 2 aromatic heterocycles. The second-order valence-electron chi connectivity index (χ2n) is 15.4. The summed E-state index contributed by atoms with van der Waals surface area (Å²) in [6.45, 7) is 3.72. The molecule has 0 spiro atoms. The molecule has 3 amide bonds. The molecule has 0 radical (unpaired) electrons. The minimum absolute atomic E-state index is 0.0171. The van der Waals surface area contributed by atoms with Gasteiger partial charge in [0.1, 0.15) is 22.6 Å². The topological polar surface area (TPSA) is 242 Å². The Kier molecular flexibility index (Phi) is 15.9. The van der Waals surface area contributed by atoms with Crippen LogP contribution in [0.1, 0.15) is 66.0 Å². The van der Waals surface area contributed by atoms with E-state index in [-0.39, 0.29) is 29.8 Å². The lowest BCUT2D eigenvalue weighted by Gasteiger charge is -2.25. The van der Waals surface area contributed by atoms with Crippen molar-refractivity contribution in [3.8, 4) is 46.5 Å². The van der Waals surface area contributed by atoms with E-state index in [9.17, 15) is 29.2 Å². The zero-order valence-electron chi connectivity index (χ0n) is 38.6. The molecule has 17 heteroatoms. The Hall–Kier alpha value is -9.22. The number of benzene rings is 4. The van der Waals surface area contributed by atoms with Gasteiger partial charge in [0.15, 0.2) is 11.5 Å². The second-order valence-corrected chi connectivity index (χ2v) is 15.4. The van der Waals surface area contributed by atoms with Gasteiger partial charge in [0.2, 0.25) is 5.91 Å². The maximum absolute atomic E-state index is 14.0. The van der Waals surface area contributed by atoms with Gasteiger partial charge in [0.05, 0.1) is 75.0 Å². The van der Waals surface area contributed by atoms with Crippen molar-refractivity contribution in [2.24, 2.45) is 16.6 Å². The number of carbonyl (C=O) groups is 3. The molecule has 350 valence electrons. The van der Waals surface area contributed by atoms with Crippen LogP contribution in [0.5, 0.6) is 23.0 Å². The highest BCUT2D eigenvalue weighted by Gasteiger charge is 2.33. The summed E-state index contributed by atoms with van der Waals surface area (Å²) < 4.78 is 23.9. The van der Waals surface area contributed by atoms with Crippen molar-refractivity contribution in [2.45, 2.75) is 33.0 Å². The number of nitriles is 2. The highest BCUT2D eigenvalue weighted by atomic mass is 16.5. The standard InChI is InChI=1S/C29H27N5O5.C23H21N3O4/c1-17-12-23(26-22(27(31)35)8-5-11-32-26)25(29(37)34(17)20-7-4-6-18(13-20)15-30)28(36)33-16-19-14-21(38-2)9-10-24(19)39-3;1-15-7-9-19(23(28)26(15)18-6-4-5-16(11-18)13-24)22(27)25-14-17-8-10-20(29-2)21(12-17)30-3/h4-14,22,26H,16H2,1-3H3,(H2,31,35)(H,33,36);4-12H,14H2,1-3H3,(H,25,27). The molecule has 6 aromatic rings. The van der Waals surface area contributed by atoms with E-state index in [1.807, 2.05) is 6.07 Å². The highest BCUT2D eigenvalue weighted by molar-refractivity contribution is 5.96. The van der Waals surface area contributed by atoms with E-state index in [0.717, 1.165) is 5.56 Å². The van der Waals surface area contributed by atoms with E-state index in [0.29, 0.717) is 62.5 Å². The van der Waals surface area contributed by atoms with Gasteiger partial charge in [0, 0.05) is 36.3 Å². The molecule has 7 rings (SSSR count). The van der Waals surface area contributed by atoms with Crippen molar-refractivity contribution >= 4 is 23.9 Å². The molecule has 0 fully saturated rings. The lowest BCUT2D eigenvalue weighted by Crippen LogP contribution is -2.37. The van der Waals surface area contributed by atoms with Crippen LogP contribution in [0.2, 0.25) is 0 Å². The summed E-state index contributed by atoms with van der Waals surface area (Å²) in [5.41, 5.74) is 8.99. The van der Waals surface area contributed by atoms with Crippen LogP contribution in [0.4, 0.5) is 0 Å². The first-order valence-corrected chi connectivity index (χ1v) is 21.2. The van der Waals surface area contributed by atoms with Crippen LogP contribution in [-0.4, -0.2) is 61.5 Å². The fourth-order valence-corrected chi connectivity index (χ4v) is 7.68. The average molecular weight is 929 g/mol. The molecule has 1 aliphatic rings. The quantitative estimate of drug-likeness (QED) is 0.119. The normalized spacial score (nSPS) is 13.4. The van der Waals surface area contributed by atoms with Gasteiger partial charge in [-0.05, 0) is 116 Å². The van der Waals surface area contributed by atoms with Gasteiger partial charge in [-0.3, -0.25) is 38.1 Å². The fourth-order valence-electron chi connectivity index (χ4n) is 7.68. The Labute approximate surface area is 397 Å². The molecule has 3 heterocycles. The number of amides is 3. The first-order valence-electron chi connectivity index (χ1n) is 21.2. The van der Waals surface area contributed by atoms with Gasteiger partial charge in [-0.15, -0.1) is 0 Å². The van der Waals surface area contributed by atoms with Crippen LogP contribution < -0.4 is 46.4 Å². The summed E-state index contributed by atoms with van der Waals surface area (Å²) in [6.07, 6.45) is 4.70. The molecule has 69 heavy (non-hydrogen) atoms. The van der Waals surface area contributed by atoms with Gasteiger partial charge < -0.3 is 35.3 Å². The second kappa shape index (κ2) is 22.3. The van der Waals surface area contributed by atoms with Crippen LogP contribution in [0.25, 0.3) is 11.4 Å². The van der Waals surface area contributed by atoms with Crippen LogP contribution in [0.3, 0.4) is 0 Å². The molecule has 0 saturated heterocycles. The largest absolute Gasteiger partial charge is 0.497 e. The van der Waals surface area contributed by atoms with Crippen LogP contribution >= 0.6 is 0 Å². The van der Waals surface area contributed by atoms with E-state index >= 15 is 0 Å². The molecular weight excluding hydrogens is 881 g/mol. The third-order valence-corrected chi connectivity index (χ3v) is 11.1. The third-order valence-electron chi connectivity index (χ3n) is 11.1. The number of ether oxygens (including phenoxy) is 4. The number of aryl methyl sites for hydroxylation is 2. The molecular formula is C52H48N8O9. The molecule has 1 aliphatic heterocycles. The average Bonchev–Trinajstić information content (AvgIpc) is 3.37. The molecule has 0 aliphatic carbocycles. The first kappa shape index (κ1) is 49.2. The number of rotatable bonds is 14. The number of nitrogens with two attached hydrogens (primary N) is 1. The van der Waals surface area contributed by atoms with Crippen molar-refractivity contribution in [3.63, 3.8) is 0 Å².